The predicted octanol–water partition coefficient (Wildman–Crippen LogP) is 3.94. The molecule has 0 fully saturated rings. The number of aromatic hydroxyl groups is 1. The molecule has 0 bridgehead atoms. The van der Waals surface area contributed by atoms with Gasteiger partial charge in [0, 0.05) is 10.2 Å². The molecule has 2 aromatic carbocycles. The molecule has 0 saturated heterocycles. The molecular weight excluding hydrogens is 298 g/mol. The number of nitrogens with one attached hydrogen (secondary N) is 1. The first-order chi connectivity index (χ1) is 8.16. The van der Waals surface area contributed by atoms with Crippen LogP contribution in [0.5, 0.6) is 5.75 Å². The normalized spacial score (nSPS) is 9.94. The number of thiocarbonyl (C=S) groups is 1. The van der Waals surface area contributed by atoms with Crippen LogP contribution in [0.2, 0.25) is 0 Å². The Balaban J connectivity index is 2.17. The zero-order valence-electron chi connectivity index (χ0n) is 8.85. The third kappa shape index (κ3) is 3.05. The molecule has 0 amide bonds. The second-order valence-corrected chi connectivity index (χ2v) is 4.80. The van der Waals surface area contributed by atoms with Gasteiger partial charge in [-0.15, -0.1) is 0 Å². The lowest BCUT2D eigenvalue weighted by Crippen LogP contribution is -2.10. The highest BCUT2D eigenvalue weighted by Crippen LogP contribution is 2.19. The summed E-state index contributed by atoms with van der Waals surface area (Å²) in [5, 5.41) is 12.7. The highest BCUT2D eigenvalue weighted by molar-refractivity contribution is 9.10. The molecule has 0 heterocycles. The van der Waals surface area contributed by atoms with Crippen LogP contribution < -0.4 is 5.32 Å². The molecule has 0 aliphatic heterocycles. The van der Waals surface area contributed by atoms with Gasteiger partial charge in [0.2, 0.25) is 0 Å². The molecule has 2 rings (SSSR count). The molecule has 2 nitrogen and oxygen atoms in total. The number of halogens is 1. The molecule has 2 N–H and O–H groups in total. The van der Waals surface area contributed by atoms with Gasteiger partial charge in [0.1, 0.15) is 10.7 Å². The first kappa shape index (κ1) is 12.1. The number of phenolic OH excluding ortho intramolecular Hbond substituents is 1. The molecular formula is C13H10BrNOS. The van der Waals surface area contributed by atoms with Crippen molar-refractivity contribution in [2.75, 3.05) is 5.32 Å². The third-order valence-corrected chi connectivity index (χ3v) is 3.10. The van der Waals surface area contributed by atoms with Crippen molar-refractivity contribution in [2.45, 2.75) is 0 Å². The zero-order valence-corrected chi connectivity index (χ0v) is 11.3. The molecule has 0 radical (unpaired) electrons. The first-order valence-electron chi connectivity index (χ1n) is 5.02. The van der Waals surface area contributed by atoms with Crippen LogP contribution in [-0.4, -0.2) is 10.1 Å². The Morgan fingerprint density at radius 1 is 1.06 bits per heavy atom. The van der Waals surface area contributed by atoms with Crippen LogP contribution in [-0.2, 0) is 0 Å². The predicted molar refractivity (Wildman–Crippen MR) is 77.6 cm³/mol. The Bertz CT molecular complexity index is 539. The number of hydrogen-bond acceptors (Lipinski definition) is 2. The number of rotatable bonds is 2. The SMILES string of the molecule is Oc1ccccc1C(=S)Nc1ccc(Br)cc1. The summed E-state index contributed by atoms with van der Waals surface area (Å²) in [5.41, 5.74) is 1.52. The fraction of sp³-hybridized carbons (Fsp3) is 0. The number of hydrogen-bond donors (Lipinski definition) is 2. The lowest BCUT2D eigenvalue weighted by Gasteiger charge is -2.09. The van der Waals surface area contributed by atoms with Gasteiger partial charge in [0.05, 0.1) is 5.56 Å². The van der Waals surface area contributed by atoms with E-state index in [1.807, 2.05) is 30.3 Å². The Morgan fingerprint density at radius 3 is 2.35 bits per heavy atom. The van der Waals surface area contributed by atoms with E-state index in [1.54, 1.807) is 18.2 Å². The van der Waals surface area contributed by atoms with Gasteiger partial charge in [-0.3, -0.25) is 0 Å². The van der Waals surface area contributed by atoms with Gasteiger partial charge in [0.25, 0.3) is 0 Å². The second kappa shape index (κ2) is 5.29. The second-order valence-electron chi connectivity index (χ2n) is 3.48. The molecule has 0 spiro atoms. The van der Waals surface area contributed by atoms with Gasteiger partial charge in [-0.05, 0) is 36.4 Å². The van der Waals surface area contributed by atoms with Crippen molar-refractivity contribution in [3.05, 3.63) is 58.6 Å². The Labute approximate surface area is 113 Å². The van der Waals surface area contributed by atoms with Gasteiger partial charge >= 0.3 is 0 Å². The molecule has 17 heavy (non-hydrogen) atoms. The van der Waals surface area contributed by atoms with Crippen LogP contribution >= 0.6 is 28.1 Å². The number of para-hydroxylation sites is 1. The van der Waals surface area contributed by atoms with E-state index in [2.05, 4.69) is 21.2 Å². The van der Waals surface area contributed by atoms with Crippen molar-refractivity contribution in [1.82, 2.24) is 0 Å². The van der Waals surface area contributed by atoms with Crippen LogP contribution in [0.3, 0.4) is 0 Å². The molecule has 0 unspecified atom stereocenters. The van der Waals surface area contributed by atoms with Crippen molar-refractivity contribution in [3.8, 4) is 5.75 Å². The Hall–Kier alpha value is -1.39. The topological polar surface area (TPSA) is 32.3 Å². The molecule has 86 valence electrons. The number of phenols is 1. The number of anilines is 1. The highest BCUT2D eigenvalue weighted by atomic mass is 79.9. The molecule has 0 aliphatic rings. The summed E-state index contributed by atoms with van der Waals surface area (Å²) in [6.07, 6.45) is 0. The van der Waals surface area contributed by atoms with E-state index < -0.39 is 0 Å². The van der Waals surface area contributed by atoms with Crippen molar-refractivity contribution >= 4 is 38.8 Å². The molecule has 0 aromatic heterocycles. The van der Waals surface area contributed by atoms with E-state index in [0.29, 0.717) is 10.6 Å². The standard InChI is InChI=1S/C13H10BrNOS/c14-9-5-7-10(8-6-9)15-13(17)11-3-1-2-4-12(11)16/h1-8,16H,(H,15,17). The van der Waals surface area contributed by atoms with E-state index in [4.69, 9.17) is 12.2 Å². The maximum atomic E-state index is 9.67. The van der Waals surface area contributed by atoms with E-state index in [0.717, 1.165) is 10.2 Å². The molecule has 0 atom stereocenters. The fourth-order valence-electron chi connectivity index (χ4n) is 1.40. The minimum atomic E-state index is 0.183. The van der Waals surface area contributed by atoms with Crippen LogP contribution in [0.15, 0.2) is 53.0 Å². The maximum absolute atomic E-state index is 9.67. The van der Waals surface area contributed by atoms with Crippen LogP contribution in [0.1, 0.15) is 5.56 Å². The third-order valence-electron chi connectivity index (χ3n) is 2.25. The molecule has 0 aliphatic carbocycles. The van der Waals surface area contributed by atoms with Crippen molar-refractivity contribution in [3.63, 3.8) is 0 Å². The van der Waals surface area contributed by atoms with Crippen molar-refractivity contribution < 1.29 is 5.11 Å². The van der Waals surface area contributed by atoms with E-state index in [1.165, 1.54) is 0 Å². The van der Waals surface area contributed by atoms with E-state index in [-0.39, 0.29) is 5.75 Å². The fourth-order valence-corrected chi connectivity index (χ4v) is 1.95. The highest BCUT2D eigenvalue weighted by Gasteiger charge is 2.05. The monoisotopic (exact) mass is 307 g/mol. The van der Waals surface area contributed by atoms with Crippen molar-refractivity contribution in [1.29, 1.82) is 0 Å². The summed E-state index contributed by atoms with van der Waals surface area (Å²) >= 11 is 8.61. The molecule has 0 saturated carbocycles. The summed E-state index contributed by atoms with van der Waals surface area (Å²) in [7, 11) is 0. The largest absolute Gasteiger partial charge is 0.507 e. The maximum Gasteiger partial charge on any atom is 0.125 e. The summed E-state index contributed by atoms with van der Waals surface area (Å²) in [4.78, 5) is 0.505. The van der Waals surface area contributed by atoms with Gasteiger partial charge < -0.3 is 10.4 Å². The zero-order chi connectivity index (χ0) is 12.3. The van der Waals surface area contributed by atoms with Gasteiger partial charge in [-0.2, -0.15) is 0 Å². The van der Waals surface area contributed by atoms with E-state index >= 15 is 0 Å². The average Bonchev–Trinajstić information content (AvgIpc) is 2.32. The lowest BCUT2D eigenvalue weighted by atomic mass is 10.2. The minimum Gasteiger partial charge on any atom is -0.507 e. The van der Waals surface area contributed by atoms with E-state index in [9.17, 15) is 5.11 Å². The Kier molecular flexibility index (Phi) is 3.76. The van der Waals surface area contributed by atoms with Crippen LogP contribution in [0.4, 0.5) is 5.69 Å². The van der Waals surface area contributed by atoms with Gasteiger partial charge in [-0.1, -0.05) is 40.3 Å². The Morgan fingerprint density at radius 2 is 1.71 bits per heavy atom. The summed E-state index contributed by atoms with van der Waals surface area (Å²) in [6, 6.07) is 14.7. The number of benzene rings is 2. The lowest BCUT2D eigenvalue weighted by molar-refractivity contribution is 0.474. The van der Waals surface area contributed by atoms with Crippen LogP contribution in [0.25, 0.3) is 0 Å². The van der Waals surface area contributed by atoms with Gasteiger partial charge in [-0.25, -0.2) is 0 Å². The van der Waals surface area contributed by atoms with Crippen molar-refractivity contribution in [2.24, 2.45) is 0 Å². The van der Waals surface area contributed by atoms with Gasteiger partial charge in [0.15, 0.2) is 0 Å². The quantitative estimate of drug-likeness (QED) is 0.824. The molecule has 4 heteroatoms. The average molecular weight is 308 g/mol. The smallest absolute Gasteiger partial charge is 0.125 e. The molecule has 2 aromatic rings. The first-order valence-corrected chi connectivity index (χ1v) is 6.22. The minimum absolute atomic E-state index is 0.183. The van der Waals surface area contributed by atoms with Crippen LogP contribution in [0, 0.1) is 0 Å². The summed E-state index contributed by atoms with van der Waals surface area (Å²) in [5.74, 6) is 0.183. The summed E-state index contributed by atoms with van der Waals surface area (Å²) in [6.45, 7) is 0. The summed E-state index contributed by atoms with van der Waals surface area (Å²) < 4.78 is 1.01.